The van der Waals surface area contributed by atoms with E-state index >= 15 is 0 Å². The number of nitrogens with zero attached hydrogens (tertiary/aromatic N) is 8. The van der Waals surface area contributed by atoms with Crippen LogP contribution in [-0.2, 0) is 13.6 Å². The SMILES string of the molecule is C#Cc1ccc(CN2C3CC2CN(c2ccc(-c4cc(-c5cnn(C)c5)cn5ncc(/C=N\C)c45)cn2)C3)cc1F. The number of aryl methyl sites for hydroxylation is 1. The van der Waals surface area contributed by atoms with Crippen molar-refractivity contribution in [3.63, 3.8) is 0 Å². The van der Waals surface area contributed by atoms with Gasteiger partial charge in [0.05, 0.1) is 23.5 Å². The molecule has 2 bridgehead atoms. The van der Waals surface area contributed by atoms with E-state index in [4.69, 9.17) is 11.4 Å². The fourth-order valence-corrected chi connectivity index (χ4v) is 6.18. The number of hydrogen-bond donors (Lipinski definition) is 0. The first kappa shape index (κ1) is 25.2. The lowest BCUT2D eigenvalue weighted by molar-refractivity contribution is -0.00874. The highest BCUT2D eigenvalue weighted by Gasteiger charge is 2.44. The lowest BCUT2D eigenvalue weighted by Gasteiger charge is -2.56. The second kappa shape index (κ2) is 9.98. The van der Waals surface area contributed by atoms with Crippen LogP contribution in [0.3, 0.4) is 0 Å². The van der Waals surface area contributed by atoms with Gasteiger partial charge in [0, 0.05) is 98.4 Å². The molecule has 3 fully saturated rings. The molecule has 0 saturated carbocycles. The predicted octanol–water partition coefficient (Wildman–Crippen LogP) is 4.43. The molecule has 5 aromatic rings. The van der Waals surface area contributed by atoms with Crippen LogP contribution in [0.2, 0.25) is 0 Å². The van der Waals surface area contributed by atoms with Crippen LogP contribution in [0.4, 0.5) is 10.2 Å². The second-order valence-corrected chi connectivity index (χ2v) is 10.8. The Morgan fingerprint density at radius 2 is 1.88 bits per heavy atom. The quantitative estimate of drug-likeness (QED) is 0.234. The number of pyridine rings is 2. The molecule has 41 heavy (non-hydrogen) atoms. The van der Waals surface area contributed by atoms with Gasteiger partial charge in [-0.05, 0) is 42.3 Å². The molecule has 9 heteroatoms. The van der Waals surface area contributed by atoms with E-state index in [0.29, 0.717) is 17.6 Å². The molecule has 0 amide bonds. The Labute approximate surface area is 237 Å². The third-order valence-electron chi connectivity index (χ3n) is 8.23. The molecule has 3 saturated heterocycles. The fourth-order valence-electron chi connectivity index (χ4n) is 6.18. The van der Waals surface area contributed by atoms with Gasteiger partial charge in [-0.2, -0.15) is 10.2 Å². The van der Waals surface area contributed by atoms with Crippen molar-refractivity contribution in [1.82, 2.24) is 29.3 Å². The zero-order chi connectivity index (χ0) is 28.1. The number of piperidine rings is 1. The van der Waals surface area contributed by atoms with Gasteiger partial charge in [-0.1, -0.05) is 12.0 Å². The van der Waals surface area contributed by atoms with Crippen molar-refractivity contribution < 1.29 is 4.39 Å². The van der Waals surface area contributed by atoms with Crippen LogP contribution in [-0.4, -0.2) is 67.7 Å². The molecule has 8 rings (SSSR count). The van der Waals surface area contributed by atoms with E-state index in [2.05, 4.69) is 49.1 Å². The van der Waals surface area contributed by atoms with Gasteiger partial charge in [0.25, 0.3) is 0 Å². The van der Waals surface area contributed by atoms with E-state index < -0.39 is 0 Å². The van der Waals surface area contributed by atoms with Gasteiger partial charge >= 0.3 is 0 Å². The summed E-state index contributed by atoms with van der Waals surface area (Å²) in [6.45, 7) is 2.53. The minimum Gasteiger partial charge on any atom is -0.353 e. The molecule has 0 aliphatic carbocycles. The number of piperazine rings is 1. The average molecular weight is 545 g/mol. The van der Waals surface area contributed by atoms with Gasteiger partial charge in [-0.15, -0.1) is 6.42 Å². The van der Waals surface area contributed by atoms with Gasteiger partial charge in [-0.3, -0.25) is 14.6 Å². The van der Waals surface area contributed by atoms with Crippen molar-refractivity contribution in [3.8, 4) is 34.6 Å². The molecule has 1 aromatic carbocycles. The summed E-state index contributed by atoms with van der Waals surface area (Å²) in [6.07, 6.45) is 18.0. The van der Waals surface area contributed by atoms with E-state index in [1.807, 2.05) is 54.8 Å². The Hall–Kier alpha value is -4.81. The summed E-state index contributed by atoms with van der Waals surface area (Å²) in [6, 6.07) is 12.5. The van der Waals surface area contributed by atoms with Crippen molar-refractivity contribution in [2.45, 2.75) is 25.0 Å². The van der Waals surface area contributed by atoms with Crippen LogP contribution in [0.15, 0.2) is 72.4 Å². The van der Waals surface area contributed by atoms with Crippen LogP contribution in [0, 0.1) is 18.2 Å². The van der Waals surface area contributed by atoms with E-state index in [-0.39, 0.29) is 5.82 Å². The minimum absolute atomic E-state index is 0.311. The minimum atomic E-state index is -0.324. The maximum atomic E-state index is 14.2. The lowest BCUT2D eigenvalue weighted by Crippen LogP contribution is -2.68. The molecule has 7 heterocycles. The second-order valence-electron chi connectivity index (χ2n) is 10.8. The number of aliphatic imine (C=N–C) groups is 1. The molecule has 8 nitrogen and oxygen atoms in total. The van der Waals surface area contributed by atoms with Crippen molar-refractivity contribution in [1.29, 1.82) is 0 Å². The number of halogens is 1. The molecule has 0 spiro atoms. The summed E-state index contributed by atoms with van der Waals surface area (Å²) in [5, 5.41) is 8.95. The molecule has 204 valence electrons. The maximum Gasteiger partial charge on any atom is 0.139 e. The van der Waals surface area contributed by atoms with Crippen LogP contribution in [0.1, 0.15) is 23.1 Å². The third-order valence-corrected chi connectivity index (χ3v) is 8.23. The highest BCUT2D eigenvalue weighted by atomic mass is 19.1. The zero-order valence-corrected chi connectivity index (χ0v) is 22.9. The van der Waals surface area contributed by atoms with Crippen molar-refractivity contribution in [3.05, 3.63) is 89.9 Å². The Balaban J connectivity index is 1.13. The zero-order valence-electron chi connectivity index (χ0n) is 22.9. The standard InChI is InChI=1S/C32H29FN8/c1-4-22-6-5-21(9-30(22)33)16-40-27-11-28(40)20-39(19-27)31-8-7-23(13-35-31)29-10-24(26-15-36-38(3)17-26)18-41-32(29)25(12-34-2)14-37-41/h1,5-10,12-15,17-18,27-28H,11,16,19-20H2,2-3H3/b34-12-. The largest absolute Gasteiger partial charge is 0.353 e. The number of aromatic nitrogens is 5. The number of anilines is 1. The molecule has 2 unspecified atom stereocenters. The normalized spacial score (nSPS) is 18.6. The van der Waals surface area contributed by atoms with Gasteiger partial charge < -0.3 is 4.90 Å². The van der Waals surface area contributed by atoms with Crippen LogP contribution in [0.25, 0.3) is 27.8 Å². The lowest BCUT2D eigenvalue weighted by atomic mass is 9.86. The highest BCUT2D eigenvalue weighted by molar-refractivity contribution is 5.97. The summed E-state index contributed by atoms with van der Waals surface area (Å²) in [5.41, 5.74) is 7.30. The number of fused-ring (bicyclic) bond motifs is 3. The van der Waals surface area contributed by atoms with E-state index in [0.717, 1.165) is 70.8 Å². The average Bonchev–Trinajstić information content (AvgIpc) is 3.62. The Morgan fingerprint density at radius 1 is 1.02 bits per heavy atom. The summed E-state index contributed by atoms with van der Waals surface area (Å²) in [4.78, 5) is 14.0. The van der Waals surface area contributed by atoms with Gasteiger partial charge in [0.2, 0.25) is 0 Å². The molecule has 4 aromatic heterocycles. The van der Waals surface area contributed by atoms with E-state index in [1.54, 1.807) is 23.9 Å². The number of terminal acetylenes is 1. The summed E-state index contributed by atoms with van der Waals surface area (Å²) >= 11 is 0. The van der Waals surface area contributed by atoms with Crippen molar-refractivity contribution in [2.24, 2.45) is 12.0 Å². The Bertz CT molecular complexity index is 1820. The highest BCUT2D eigenvalue weighted by Crippen LogP contribution is 2.37. The van der Waals surface area contributed by atoms with E-state index in [9.17, 15) is 4.39 Å². The van der Waals surface area contributed by atoms with Crippen molar-refractivity contribution >= 4 is 17.5 Å². The van der Waals surface area contributed by atoms with Crippen LogP contribution < -0.4 is 4.90 Å². The Morgan fingerprint density at radius 3 is 2.56 bits per heavy atom. The predicted molar refractivity (Wildman–Crippen MR) is 158 cm³/mol. The van der Waals surface area contributed by atoms with Gasteiger partial charge in [0.15, 0.2) is 0 Å². The number of rotatable bonds is 6. The first-order chi connectivity index (χ1) is 20.0. The summed E-state index contributed by atoms with van der Waals surface area (Å²) in [7, 11) is 3.68. The first-order valence-electron chi connectivity index (χ1n) is 13.7. The van der Waals surface area contributed by atoms with Crippen LogP contribution >= 0.6 is 0 Å². The molecule has 3 aliphatic rings. The maximum absolute atomic E-state index is 14.2. The Kier molecular flexibility index (Phi) is 6.13. The molecular formula is C32H29FN8. The number of benzene rings is 1. The first-order valence-corrected chi connectivity index (χ1v) is 13.7. The summed E-state index contributed by atoms with van der Waals surface area (Å²) in [5.74, 6) is 3.04. The summed E-state index contributed by atoms with van der Waals surface area (Å²) < 4.78 is 17.9. The monoisotopic (exact) mass is 544 g/mol. The molecule has 2 atom stereocenters. The molecular weight excluding hydrogens is 515 g/mol. The van der Waals surface area contributed by atoms with Crippen molar-refractivity contribution in [2.75, 3.05) is 25.0 Å². The topological polar surface area (TPSA) is 66.8 Å². The van der Waals surface area contributed by atoms with Gasteiger partial charge in [0.1, 0.15) is 11.6 Å². The smallest absolute Gasteiger partial charge is 0.139 e. The molecule has 0 N–H and O–H groups in total. The van der Waals surface area contributed by atoms with Gasteiger partial charge in [-0.25, -0.2) is 13.9 Å². The molecule has 3 aliphatic heterocycles. The van der Waals surface area contributed by atoms with Crippen LogP contribution in [0.5, 0.6) is 0 Å². The fraction of sp³-hybridized carbons (Fsp3) is 0.250. The number of hydrogen-bond acceptors (Lipinski definition) is 6. The third kappa shape index (κ3) is 4.46. The molecule has 0 radical (unpaired) electrons. The van der Waals surface area contributed by atoms with E-state index in [1.165, 1.54) is 0 Å².